The first-order valence-corrected chi connectivity index (χ1v) is 7.73. The first-order chi connectivity index (χ1) is 9.00. The third kappa shape index (κ3) is 3.66. The molecular formula is C10H6NaO8S2-. The molecule has 2 rings (SSSR count). The first kappa shape index (κ1) is 18.2. The fourth-order valence-corrected chi connectivity index (χ4v) is 2.76. The van der Waals surface area contributed by atoms with Crippen molar-refractivity contribution in [3.05, 3.63) is 24.3 Å². The summed E-state index contributed by atoms with van der Waals surface area (Å²) in [5.74, 6) is -1.46. The summed E-state index contributed by atoms with van der Waals surface area (Å²) in [4.78, 5) is -1.63. The van der Waals surface area contributed by atoms with Crippen molar-refractivity contribution in [2.24, 2.45) is 0 Å². The molecule has 0 atom stereocenters. The van der Waals surface area contributed by atoms with Gasteiger partial charge in [0.15, 0.2) is 0 Å². The average molecular weight is 341 g/mol. The zero-order valence-electron chi connectivity index (χ0n) is 10.5. The van der Waals surface area contributed by atoms with Gasteiger partial charge in [0.05, 0.1) is 15.2 Å². The molecule has 0 radical (unpaired) electrons. The molecule has 2 aromatic rings. The predicted octanol–water partition coefficient (Wildman–Crippen LogP) is -2.94. The quantitative estimate of drug-likeness (QED) is 0.434. The molecule has 8 nitrogen and oxygen atoms in total. The Hall–Kier alpha value is -0.880. The van der Waals surface area contributed by atoms with E-state index in [4.69, 9.17) is 0 Å². The third-order valence-corrected chi connectivity index (χ3v) is 4.16. The van der Waals surface area contributed by atoms with Gasteiger partial charge in [0, 0.05) is 0 Å². The van der Waals surface area contributed by atoms with Crippen LogP contribution in [0.15, 0.2) is 34.1 Å². The Morgan fingerprint density at radius 3 is 1.38 bits per heavy atom. The van der Waals surface area contributed by atoms with Crippen molar-refractivity contribution in [3.8, 4) is 11.5 Å². The van der Waals surface area contributed by atoms with Gasteiger partial charge in [-0.15, -0.1) is 0 Å². The predicted molar refractivity (Wildman–Crippen MR) is 63.2 cm³/mol. The summed E-state index contributed by atoms with van der Waals surface area (Å²) >= 11 is 0. The second-order valence-corrected chi connectivity index (χ2v) is 6.65. The van der Waals surface area contributed by atoms with E-state index in [2.05, 4.69) is 0 Å². The maximum absolute atomic E-state index is 10.9. The Morgan fingerprint density at radius 1 is 0.762 bits per heavy atom. The Labute approximate surface area is 141 Å². The van der Waals surface area contributed by atoms with E-state index in [1.807, 2.05) is 0 Å². The van der Waals surface area contributed by atoms with Crippen LogP contribution in [0.2, 0.25) is 0 Å². The third-order valence-electron chi connectivity index (χ3n) is 2.53. The van der Waals surface area contributed by atoms with Gasteiger partial charge in [-0.25, -0.2) is 16.8 Å². The molecule has 0 aliphatic carbocycles. The molecular weight excluding hydrogens is 335 g/mol. The number of rotatable bonds is 2. The van der Waals surface area contributed by atoms with E-state index < -0.39 is 41.5 Å². The zero-order valence-corrected chi connectivity index (χ0v) is 14.1. The second kappa shape index (κ2) is 5.72. The van der Waals surface area contributed by atoms with Crippen molar-refractivity contribution >= 4 is 31.0 Å². The van der Waals surface area contributed by atoms with E-state index in [-0.39, 0.29) is 40.3 Å². The van der Waals surface area contributed by atoms with Crippen LogP contribution in [-0.2, 0) is 20.2 Å². The molecule has 0 fully saturated rings. The van der Waals surface area contributed by atoms with Gasteiger partial charge in [0.1, 0.15) is 31.7 Å². The normalized spacial score (nSPS) is 12.1. The van der Waals surface area contributed by atoms with Crippen LogP contribution in [0.25, 0.3) is 10.8 Å². The zero-order chi connectivity index (χ0) is 15.3. The summed E-state index contributed by atoms with van der Waals surface area (Å²) in [5, 5.41) is 18.7. The van der Waals surface area contributed by atoms with Crippen molar-refractivity contribution in [2.45, 2.75) is 9.79 Å². The Kier molecular flexibility index (Phi) is 4.95. The minimum Gasteiger partial charge on any atom is -0.744 e. The van der Waals surface area contributed by atoms with Crippen LogP contribution < -0.4 is 29.6 Å². The minimum atomic E-state index is -4.90. The smallest absolute Gasteiger partial charge is 0.744 e. The van der Waals surface area contributed by atoms with Gasteiger partial charge in [0.2, 0.25) is 0 Å². The van der Waals surface area contributed by atoms with Crippen LogP contribution in [0, 0.1) is 0 Å². The summed E-state index contributed by atoms with van der Waals surface area (Å²) in [6, 6.07) is 2.75. The molecule has 0 aromatic heterocycles. The van der Waals surface area contributed by atoms with E-state index in [1.54, 1.807) is 0 Å². The Bertz CT molecular complexity index is 845. The summed E-state index contributed by atoms with van der Waals surface area (Å²) in [5.41, 5.74) is 0. The fraction of sp³-hybridized carbons (Fsp3) is 0. The van der Waals surface area contributed by atoms with Crippen molar-refractivity contribution in [3.63, 3.8) is 0 Å². The topological polar surface area (TPSA) is 155 Å². The van der Waals surface area contributed by atoms with Gasteiger partial charge in [-0.3, -0.25) is 0 Å². The van der Waals surface area contributed by atoms with E-state index in [9.17, 15) is 36.2 Å². The number of hydrogen-bond donors (Lipinski definition) is 2. The summed E-state index contributed by atoms with van der Waals surface area (Å²) in [7, 11) is -9.79. The van der Waals surface area contributed by atoms with Gasteiger partial charge >= 0.3 is 29.6 Å². The molecule has 0 aliphatic rings. The molecule has 108 valence electrons. The van der Waals surface area contributed by atoms with Crippen LogP contribution in [-0.4, -0.2) is 36.2 Å². The molecule has 0 heterocycles. The summed E-state index contributed by atoms with van der Waals surface area (Å²) < 4.78 is 65.3. The summed E-state index contributed by atoms with van der Waals surface area (Å²) in [6.45, 7) is 0. The molecule has 11 heteroatoms. The molecule has 0 bridgehead atoms. The van der Waals surface area contributed by atoms with Crippen LogP contribution >= 0.6 is 0 Å². The molecule has 0 aliphatic heterocycles. The number of aromatic hydroxyl groups is 2. The largest absolute Gasteiger partial charge is 1.00 e. The van der Waals surface area contributed by atoms with Crippen molar-refractivity contribution in [2.75, 3.05) is 0 Å². The monoisotopic (exact) mass is 341 g/mol. The molecule has 0 amide bonds. The fourth-order valence-electron chi connectivity index (χ4n) is 1.71. The summed E-state index contributed by atoms with van der Waals surface area (Å²) in [6.07, 6.45) is 0. The van der Waals surface area contributed by atoms with Crippen molar-refractivity contribution < 1.29 is 65.7 Å². The second-order valence-electron chi connectivity index (χ2n) is 3.89. The molecule has 0 saturated heterocycles. The molecule has 21 heavy (non-hydrogen) atoms. The molecule has 2 aromatic carbocycles. The molecule has 0 spiro atoms. The first-order valence-electron chi connectivity index (χ1n) is 4.91. The van der Waals surface area contributed by atoms with Gasteiger partial charge in [-0.05, 0) is 29.7 Å². The van der Waals surface area contributed by atoms with Crippen molar-refractivity contribution in [1.82, 2.24) is 0 Å². The minimum absolute atomic E-state index is 0. The van der Waals surface area contributed by atoms with Gasteiger partial charge in [-0.2, -0.15) is 0 Å². The van der Waals surface area contributed by atoms with Crippen LogP contribution in [0.3, 0.4) is 0 Å². The van der Waals surface area contributed by atoms with Gasteiger partial charge < -0.3 is 19.3 Å². The van der Waals surface area contributed by atoms with E-state index in [1.165, 1.54) is 0 Å². The van der Waals surface area contributed by atoms with E-state index in [0.717, 1.165) is 12.1 Å². The standard InChI is InChI=1S/C10H8O8S2.Na/c11-8-3-6(19(13,14)15)1-5-2-7(20(16,17)18)4-9(12)10(5)8;/h1-4,11-12H,(H,13,14,15)(H,16,17,18);/q;+1/p-2. The van der Waals surface area contributed by atoms with Crippen LogP contribution in [0.1, 0.15) is 0 Å². The number of phenolic OH excluding ortho intramolecular Hbond substituents is 2. The molecule has 0 saturated carbocycles. The number of fused-ring (bicyclic) bond motifs is 1. The van der Waals surface area contributed by atoms with Crippen molar-refractivity contribution in [1.29, 1.82) is 0 Å². The van der Waals surface area contributed by atoms with E-state index >= 15 is 0 Å². The number of hydrogen-bond acceptors (Lipinski definition) is 8. The van der Waals surface area contributed by atoms with Crippen LogP contribution in [0.5, 0.6) is 11.5 Å². The molecule has 2 N–H and O–H groups in total. The number of phenols is 2. The Balaban J connectivity index is 0.00000220. The molecule has 0 unspecified atom stereocenters. The number of benzene rings is 2. The average Bonchev–Trinajstić information content (AvgIpc) is 2.25. The maximum atomic E-state index is 10.9. The van der Waals surface area contributed by atoms with Gasteiger partial charge in [0.25, 0.3) is 0 Å². The maximum Gasteiger partial charge on any atom is 1.00 e. The van der Waals surface area contributed by atoms with Crippen LogP contribution in [0.4, 0.5) is 0 Å². The van der Waals surface area contributed by atoms with E-state index in [0.29, 0.717) is 12.1 Å². The SMILES string of the molecule is O=S(=O)([O-])c1cc(O)c2c(O)cc(S(=O)(=O)[O-])cc2c1.[Na+]. The van der Waals surface area contributed by atoms with Gasteiger partial charge in [-0.1, -0.05) is 0 Å². The Morgan fingerprint density at radius 2 is 1.10 bits per heavy atom.